The Morgan fingerprint density at radius 1 is 1.10 bits per heavy atom. The smallest absolute Gasteiger partial charge is 0.261 e. The minimum absolute atomic E-state index is 0.0856. The molecule has 0 heterocycles. The minimum Gasteiger partial charge on any atom is -0.295 e. The molecule has 104 valence electrons. The standard InChI is InChI=1S/C14H12ClNO3S/c1-10(17)11-5-7-14(8-6-11)20(18,19)16-13-4-2-3-12(15)9-13/h2-9,16H,1H3. The predicted octanol–water partition coefficient (Wildman–Crippen LogP) is 3.34. The number of nitrogens with one attached hydrogen (secondary N) is 1. The van der Waals surface area contributed by atoms with Crippen LogP contribution in [0.5, 0.6) is 0 Å². The molecule has 0 unspecified atom stereocenters. The largest absolute Gasteiger partial charge is 0.295 e. The van der Waals surface area contributed by atoms with Crippen LogP contribution in [0.15, 0.2) is 53.4 Å². The van der Waals surface area contributed by atoms with E-state index < -0.39 is 10.0 Å². The van der Waals surface area contributed by atoms with Gasteiger partial charge in [0.05, 0.1) is 10.6 Å². The second-order valence-electron chi connectivity index (χ2n) is 4.20. The van der Waals surface area contributed by atoms with Crippen LogP contribution in [-0.4, -0.2) is 14.2 Å². The van der Waals surface area contributed by atoms with E-state index in [4.69, 9.17) is 11.6 Å². The summed E-state index contributed by atoms with van der Waals surface area (Å²) >= 11 is 5.80. The molecule has 6 heteroatoms. The number of halogens is 1. The third kappa shape index (κ3) is 3.37. The van der Waals surface area contributed by atoms with Crippen LogP contribution >= 0.6 is 11.6 Å². The van der Waals surface area contributed by atoms with E-state index >= 15 is 0 Å². The van der Waals surface area contributed by atoms with Gasteiger partial charge < -0.3 is 0 Å². The number of Topliss-reactive ketones (excluding diaryl/α,β-unsaturated/α-hetero) is 1. The van der Waals surface area contributed by atoms with Gasteiger partial charge in [-0.15, -0.1) is 0 Å². The number of hydrogen-bond acceptors (Lipinski definition) is 3. The number of benzene rings is 2. The SMILES string of the molecule is CC(=O)c1ccc(S(=O)(=O)Nc2cccc(Cl)c2)cc1. The fourth-order valence-electron chi connectivity index (χ4n) is 1.63. The molecule has 0 saturated carbocycles. The van der Waals surface area contributed by atoms with Gasteiger partial charge >= 0.3 is 0 Å². The summed E-state index contributed by atoms with van der Waals surface area (Å²) in [5.41, 5.74) is 0.847. The number of ketones is 1. The van der Waals surface area contributed by atoms with Crippen LogP contribution in [0.3, 0.4) is 0 Å². The first kappa shape index (κ1) is 14.6. The number of carbonyl (C=O) groups excluding carboxylic acids is 1. The molecule has 2 aromatic carbocycles. The van der Waals surface area contributed by atoms with E-state index in [1.54, 1.807) is 18.2 Å². The average Bonchev–Trinajstić information content (AvgIpc) is 2.38. The number of anilines is 1. The highest BCUT2D eigenvalue weighted by Crippen LogP contribution is 2.19. The van der Waals surface area contributed by atoms with Crippen molar-refractivity contribution in [1.82, 2.24) is 0 Å². The van der Waals surface area contributed by atoms with Crippen LogP contribution < -0.4 is 4.72 Å². The molecule has 0 fully saturated rings. The molecule has 2 rings (SSSR count). The lowest BCUT2D eigenvalue weighted by atomic mass is 10.2. The van der Waals surface area contributed by atoms with Gasteiger partial charge in [0.15, 0.2) is 5.78 Å². The molecule has 0 saturated heterocycles. The Kier molecular flexibility index (Phi) is 4.11. The molecule has 0 atom stereocenters. The second kappa shape index (κ2) is 5.64. The van der Waals surface area contributed by atoms with E-state index in [1.807, 2.05) is 0 Å². The van der Waals surface area contributed by atoms with Gasteiger partial charge in [-0.3, -0.25) is 9.52 Å². The van der Waals surface area contributed by atoms with E-state index in [0.717, 1.165) is 0 Å². The van der Waals surface area contributed by atoms with E-state index in [1.165, 1.54) is 37.3 Å². The topological polar surface area (TPSA) is 63.2 Å². The Morgan fingerprint density at radius 3 is 2.30 bits per heavy atom. The number of sulfonamides is 1. The highest BCUT2D eigenvalue weighted by Gasteiger charge is 2.14. The number of carbonyl (C=O) groups is 1. The van der Waals surface area contributed by atoms with Crippen LogP contribution in [0, 0.1) is 0 Å². The fraction of sp³-hybridized carbons (Fsp3) is 0.0714. The van der Waals surface area contributed by atoms with Gasteiger partial charge in [0.25, 0.3) is 10.0 Å². The molecule has 2 aromatic rings. The molecule has 20 heavy (non-hydrogen) atoms. The van der Waals surface area contributed by atoms with Crippen LogP contribution in [0.25, 0.3) is 0 Å². The summed E-state index contributed by atoms with van der Waals surface area (Å²) in [5, 5.41) is 0.442. The maximum Gasteiger partial charge on any atom is 0.261 e. The zero-order chi connectivity index (χ0) is 14.8. The predicted molar refractivity (Wildman–Crippen MR) is 78.7 cm³/mol. The van der Waals surface area contributed by atoms with Gasteiger partial charge in [-0.25, -0.2) is 8.42 Å². The van der Waals surface area contributed by atoms with Gasteiger partial charge in [-0.2, -0.15) is 0 Å². The highest BCUT2D eigenvalue weighted by molar-refractivity contribution is 7.92. The molecule has 0 radical (unpaired) electrons. The summed E-state index contributed by atoms with van der Waals surface area (Å²) < 4.78 is 26.7. The van der Waals surface area contributed by atoms with Crippen molar-refractivity contribution >= 4 is 33.1 Å². The van der Waals surface area contributed by atoms with Gasteiger partial charge in [0.2, 0.25) is 0 Å². The van der Waals surface area contributed by atoms with Crippen LogP contribution in [-0.2, 0) is 10.0 Å². The third-order valence-corrected chi connectivity index (χ3v) is 4.28. The monoisotopic (exact) mass is 309 g/mol. The third-order valence-electron chi connectivity index (χ3n) is 2.65. The Morgan fingerprint density at radius 2 is 1.75 bits per heavy atom. The minimum atomic E-state index is -3.69. The summed E-state index contributed by atoms with van der Waals surface area (Å²) in [7, 11) is -3.69. The molecule has 0 amide bonds. The first-order valence-electron chi connectivity index (χ1n) is 5.78. The quantitative estimate of drug-likeness (QED) is 0.881. The molecule has 0 aliphatic heterocycles. The summed E-state index contributed by atoms with van der Waals surface area (Å²) in [6.45, 7) is 1.42. The van der Waals surface area contributed by atoms with Crippen molar-refractivity contribution in [3.63, 3.8) is 0 Å². The molecule has 0 aliphatic carbocycles. The molecule has 0 aromatic heterocycles. The maximum absolute atomic E-state index is 12.2. The molecule has 0 bridgehead atoms. The Labute approximate surface area is 122 Å². The van der Waals surface area contributed by atoms with Crippen LogP contribution in [0.1, 0.15) is 17.3 Å². The van der Waals surface area contributed by atoms with Crippen molar-refractivity contribution in [1.29, 1.82) is 0 Å². The van der Waals surface area contributed by atoms with Crippen molar-refractivity contribution in [2.24, 2.45) is 0 Å². The first-order chi connectivity index (χ1) is 9.38. The van der Waals surface area contributed by atoms with Crippen LogP contribution in [0.4, 0.5) is 5.69 Å². The Balaban J connectivity index is 2.28. The molecule has 0 spiro atoms. The van der Waals surface area contributed by atoms with Crippen molar-refractivity contribution in [3.05, 3.63) is 59.1 Å². The van der Waals surface area contributed by atoms with Gasteiger partial charge in [-0.1, -0.05) is 29.8 Å². The molecule has 4 nitrogen and oxygen atoms in total. The van der Waals surface area contributed by atoms with Crippen molar-refractivity contribution in [2.45, 2.75) is 11.8 Å². The summed E-state index contributed by atoms with van der Waals surface area (Å²) in [4.78, 5) is 11.2. The summed E-state index contributed by atoms with van der Waals surface area (Å²) in [6.07, 6.45) is 0. The molecular formula is C14H12ClNO3S. The van der Waals surface area contributed by atoms with Crippen molar-refractivity contribution in [2.75, 3.05) is 4.72 Å². The van der Waals surface area contributed by atoms with E-state index in [9.17, 15) is 13.2 Å². The van der Waals surface area contributed by atoms with Gasteiger partial charge in [0, 0.05) is 10.6 Å². The van der Waals surface area contributed by atoms with Crippen LogP contribution in [0.2, 0.25) is 5.02 Å². The van der Waals surface area contributed by atoms with Crippen molar-refractivity contribution < 1.29 is 13.2 Å². The van der Waals surface area contributed by atoms with E-state index in [2.05, 4.69) is 4.72 Å². The molecular weight excluding hydrogens is 298 g/mol. The van der Waals surface area contributed by atoms with E-state index in [0.29, 0.717) is 16.3 Å². The summed E-state index contributed by atoms with van der Waals surface area (Å²) in [6, 6.07) is 12.2. The maximum atomic E-state index is 12.2. The fourth-order valence-corrected chi connectivity index (χ4v) is 2.87. The van der Waals surface area contributed by atoms with Crippen molar-refractivity contribution in [3.8, 4) is 0 Å². The normalized spacial score (nSPS) is 11.1. The lowest BCUT2D eigenvalue weighted by molar-refractivity contribution is 0.101. The highest BCUT2D eigenvalue weighted by atomic mass is 35.5. The lowest BCUT2D eigenvalue weighted by Gasteiger charge is -2.08. The van der Waals surface area contributed by atoms with Gasteiger partial charge in [0.1, 0.15) is 0 Å². The average molecular weight is 310 g/mol. The zero-order valence-corrected chi connectivity index (χ0v) is 12.2. The van der Waals surface area contributed by atoms with Gasteiger partial charge in [-0.05, 0) is 37.3 Å². The lowest BCUT2D eigenvalue weighted by Crippen LogP contribution is -2.13. The molecule has 1 N–H and O–H groups in total. The first-order valence-corrected chi connectivity index (χ1v) is 7.64. The Bertz CT molecular complexity index is 739. The number of hydrogen-bond donors (Lipinski definition) is 1. The molecule has 0 aliphatic rings. The second-order valence-corrected chi connectivity index (χ2v) is 6.32. The Hall–Kier alpha value is -1.85. The van der Waals surface area contributed by atoms with E-state index in [-0.39, 0.29) is 10.7 Å². The summed E-state index contributed by atoms with van der Waals surface area (Å²) in [5.74, 6) is -0.114. The number of rotatable bonds is 4. The zero-order valence-electron chi connectivity index (χ0n) is 10.6.